The van der Waals surface area contributed by atoms with Crippen molar-refractivity contribution in [1.29, 1.82) is 0 Å². The lowest BCUT2D eigenvalue weighted by atomic mass is 9.96. The van der Waals surface area contributed by atoms with E-state index >= 15 is 0 Å². The summed E-state index contributed by atoms with van der Waals surface area (Å²) in [5, 5.41) is 11.7. The number of rotatable bonds is 4. The van der Waals surface area contributed by atoms with Crippen LogP contribution >= 0.6 is 0 Å². The molecule has 3 aliphatic rings. The zero-order valence-electron chi connectivity index (χ0n) is 18.6. The largest absolute Gasteiger partial charge is 0.368 e. The molecule has 8 heteroatoms. The molecule has 0 aromatic carbocycles. The maximum Gasteiger partial charge on any atom is 0.228 e. The van der Waals surface area contributed by atoms with Gasteiger partial charge < -0.3 is 15.5 Å². The minimum absolute atomic E-state index is 0.525. The van der Waals surface area contributed by atoms with Crippen molar-refractivity contribution in [2.75, 3.05) is 36.4 Å². The zero-order chi connectivity index (χ0) is 21.5. The van der Waals surface area contributed by atoms with Crippen molar-refractivity contribution in [3.63, 3.8) is 0 Å². The summed E-state index contributed by atoms with van der Waals surface area (Å²) < 4.78 is 2.20. The maximum atomic E-state index is 4.99. The molecule has 0 amide bonds. The molecule has 2 aliphatic carbocycles. The highest BCUT2D eigenvalue weighted by Gasteiger charge is 2.27. The first-order valence-corrected chi connectivity index (χ1v) is 11.9. The summed E-state index contributed by atoms with van der Waals surface area (Å²) >= 11 is 0. The molecule has 2 N–H and O–H groups in total. The fraction of sp³-hybridized carbons (Fsp3) is 0.500. The van der Waals surface area contributed by atoms with Gasteiger partial charge in [-0.25, -0.2) is 15.0 Å². The predicted octanol–water partition coefficient (Wildman–Crippen LogP) is 3.35. The number of hydrogen-bond donors (Lipinski definition) is 2. The molecular formula is C24H30N8. The summed E-state index contributed by atoms with van der Waals surface area (Å²) in [6.45, 7) is 6.39. The standard InChI is InChI=1S/C24H30N8/c1-16-2-5-19(12-16)32-15-18-4-3-17-13-27-24(29-22(17)23(18)30-32)28-21-7-6-20(14-26-21)31-10-8-25-9-11-31/h6-7,13-16,19,25H,2-5,8-12H2,1H3,(H,26,27,28,29). The van der Waals surface area contributed by atoms with Crippen LogP contribution < -0.4 is 15.5 Å². The Hall–Kier alpha value is -3.00. The third-order valence-corrected chi connectivity index (χ3v) is 7.07. The molecule has 1 aliphatic heterocycles. The smallest absolute Gasteiger partial charge is 0.228 e. The van der Waals surface area contributed by atoms with Crippen molar-refractivity contribution in [3.05, 3.63) is 41.9 Å². The molecule has 8 nitrogen and oxygen atoms in total. The van der Waals surface area contributed by atoms with E-state index in [2.05, 4.69) is 49.4 Å². The van der Waals surface area contributed by atoms with Crippen LogP contribution in [0, 0.1) is 5.92 Å². The van der Waals surface area contributed by atoms with Crippen LogP contribution in [-0.2, 0) is 12.8 Å². The van der Waals surface area contributed by atoms with Crippen LogP contribution in [0.2, 0.25) is 0 Å². The van der Waals surface area contributed by atoms with E-state index in [0.29, 0.717) is 12.0 Å². The van der Waals surface area contributed by atoms with Gasteiger partial charge in [-0.1, -0.05) is 6.92 Å². The number of fused-ring (bicyclic) bond motifs is 3. The second-order valence-electron chi connectivity index (χ2n) is 9.39. The van der Waals surface area contributed by atoms with Crippen LogP contribution in [0.25, 0.3) is 11.4 Å². The second-order valence-corrected chi connectivity index (χ2v) is 9.39. The van der Waals surface area contributed by atoms with Crippen molar-refractivity contribution in [1.82, 2.24) is 30.0 Å². The van der Waals surface area contributed by atoms with Crippen LogP contribution in [-0.4, -0.2) is 50.9 Å². The molecule has 0 spiro atoms. The Kier molecular flexibility index (Phi) is 5.02. The van der Waals surface area contributed by atoms with E-state index in [0.717, 1.165) is 67.8 Å². The van der Waals surface area contributed by atoms with Crippen LogP contribution in [0.4, 0.5) is 17.5 Å². The summed E-state index contributed by atoms with van der Waals surface area (Å²) in [6.07, 6.45) is 11.8. The van der Waals surface area contributed by atoms with E-state index in [9.17, 15) is 0 Å². The van der Waals surface area contributed by atoms with E-state index in [-0.39, 0.29) is 0 Å². The molecule has 3 aromatic rings. The Bertz CT molecular complexity index is 1100. The van der Waals surface area contributed by atoms with Crippen molar-refractivity contribution in [2.24, 2.45) is 5.92 Å². The van der Waals surface area contributed by atoms with E-state index < -0.39 is 0 Å². The van der Waals surface area contributed by atoms with Gasteiger partial charge in [0, 0.05) is 44.1 Å². The molecule has 0 bridgehead atoms. The fourth-order valence-electron chi connectivity index (χ4n) is 5.23. The lowest BCUT2D eigenvalue weighted by molar-refractivity contribution is 0.451. The molecule has 0 radical (unpaired) electrons. The fourth-order valence-corrected chi connectivity index (χ4v) is 5.23. The molecule has 1 saturated heterocycles. The van der Waals surface area contributed by atoms with Gasteiger partial charge in [0.1, 0.15) is 11.5 Å². The Morgan fingerprint density at radius 1 is 1.00 bits per heavy atom. The Balaban J connectivity index is 1.22. The third-order valence-electron chi connectivity index (χ3n) is 7.07. The topological polar surface area (TPSA) is 83.8 Å². The normalized spacial score (nSPS) is 22.5. The number of pyridine rings is 1. The highest BCUT2D eigenvalue weighted by atomic mass is 15.3. The van der Waals surface area contributed by atoms with Gasteiger partial charge >= 0.3 is 0 Å². The monoisotopic (exact) mass is 430 g/mol. The summed E-state index contributed by atoms with van der Waals surface area (Å²) in [4.78, 5) is 16.4. The number of piperazine rings is 1. The van der Waals surface area contributed by atoms with Gasteiger partial charge in [0.05, 0.1) is 23.6 Å². The van der Waals surface area contributed by atoms with Gasteiger partial charge in [-0.15, -0.1) is 0 Å². The minimum Gasteiger partial charge on any atom is -0.368 e. The van der Waals surface area contributed by atoms with Gasteiger partial charge in [0.25, 0.3) is 0 Å². The lowest BCUT2D eigenvalue weighted by Crippen LogP contribution is -2.43. The molecule has 166 valence electrons. The molecule has 32 heavy (non-hydrogen) atoms. The summed E-state index contributed by atoms with van der Waals surface area (Å²) in [7, 11) is 0. The number of anilines is 3. The van der Waals surface area contributed by atoms with Crippen LogP contribution in [0.15, 0.2) is 30.7 Å². The van der Waals surface area contributed by atoms with Gasteiger partial charge in [0.2, 0.25) is 5.95 Å². The third kappa shape index (κ3) is 3.72. The lowest BCUT2D eigenvalue weighted by Gasteiger charge is -2.29. The van der Waals surface area contributed by atoms with Gasteiger partial charge in [-0.2, -0.15) is 5.10 Å². The van der Waals surface area contributed by atoms with E-state index in [1.165, 1.54) is 30.4 Å². The number of nitrogens with zero attached hydrogens (tertiary/aromatic N) is 6. The van der Waals surface area contributed by atoms with Crippen LogP contribution in [0.3, 0.4) is 0 Å². The first-order valence-electron chi connectivity index (χ1n) is 11.9. The van der Waals surface area contributed by atoms with Crippen molar-refractivity contribution in [3.8, 4) is 11.4 Å². The van der Waals surface area contributed by atoms with Gasteiger partial charge in [-0.05, 0) is 55.7 Å². The molecule has 2 atom stereocenters. The van der Waals surface area contributed by atoms with E-state index in [1.54, 1.807) is 0 Å². The molecule has 1 saturated carbocycles. The van der Waals surface area contributed by atoms with Crippen molar-refractivity contribution >= 4 is 17.5 Å². The summed E-state index contributed by atoms with van der Waals surface area (Å²) in [5.41, 5.74) is 5.62. The molecule has 3 aromatic heterocycles. The number of nitrogens with one attached hydrogen (secondary N) is 2. The highest BCUT2D eigenvalue weighted by molar-refractivity contribution is 5.67. The average molecular weight is 431 g/mol. The number of aryl methyl sites for hydroxylation is 2. The Morgan fingerprint density at radius 2 is 1.88 bits per heavy atom. The molecule has 2 fully saturated rings. The first kappa shape index (κ1) is 19.7. The minimum atomic E-state index is 0.525. The highest BCUT2D eigenvalue weighted by Crippen LogP contribution is 2.37. The van der Waals surface area contributed by atoms with Crippen molar-refractivity contribution in [2.45, 2.75) is 45.1 Å². The van der Waals surface area contributed by atoms with Crippen LogP contribution in [0.5, 0.6) is 0 Å². The zero-order valence-corrected chi connectivity index (χ0v) is 18.6. The van der Waals surface area contributed by atoms with Crippen LogP contribution in [0.1, 0.15) is 43.4 Å². The molecule has 6 rings (SSSR count). The Labute approximate surface area is 188 Å². The Morgan fingerprint density at radius 3 is 2.66 bits per heavy atom. The summed E-state index contributed by atoms with van der Waals surface area (Å²) in [5.74, 6) is 2.12. The quantitative estimate of drug-likeness (QED) is 0.657. The molecular weight excluding hydrogens is 400 g/mol. The van der Waals surface area contributed by atoms with E-state index in [4.69, 9.17) is 10.1 Å². The maximum absolute atomic E-state index is 4.99. The molecule has 2 unspecified atom stereocenters. The van der Waals surface area contributed by atoms with Gasteiger partial charge in [0.15, 0.2) is 0 Å². The average Bonchev–Trinajstić information content (AvgIpc) is 3.46. The summed E-state index contributed by atoms with van der Waals surface area (Å²) in [6, 6.07) is 4.64. The van der Waals surface area contributed by atoms with Crippen molar-refractivity contribution < 1.29 is 0 Å². The molecule has 4 heterocycles. The number of hydrogen-bond acceptors (Lipinski definition) is 7. The number of aromatic nitrogens is 5. The SMILES string of the molecule is CC1CCC(n2cc3c(n2)-c2nc(Nc4ccc(N5CCNCC5)cn4)ncc2CC3)C1. The predicted molar refractivity (Wildman–Crippen MR) is 125 cm³/mol. The van der Waals surface area contributed by atoms with E-state index in [1.807, 2.05) is 18.5 Å². The first-order chi connectivity index (χ1) is 15.7. The van der Waals surface area contributed by atoms with Gasteiger partial charge in [-0.3, -0.25) is 4.68 Å². The second kappa shape index (κ2) is 8.16.